The number of aliphatic hydroxyl groups is 2. The second-order valence-electron chi connectivity index (χ2n) is 10.5. The minimum absolute atomic E-state index is 0.116. The van der Waals surface area contributed by atoms with Crippen LogP contribution in [0, 0.1) is 28.6 Å². The zero-order valence-corrected chi connectivity index (χ0v) is 17.4. The normalized spacial score (nSPS) is 51.7. The van der Waals surface area contributed by atoms with E-state index in [0.717, 1.165) is 76.1 Å². The van der Waals surface area contributed by atoms with Crippen LogP contribution in [0.1, 0.15) is 71.6 Å². The van der Waals surface area contributed by atoms with Crippen LogP contribution in [0.2, 0.25) is 0 Å². The number of fused-ring (bicyclic) bond motifs is 5. The van der Waals surface area contributed by atoms with Crippen molar-refractivity contribution in [1.82, 2.24) is 10.7 Å². The molecule has 0 aromatic heterocycles. The van der Waals surface area contributed by atoms with Crippen molar-refractivity contribution in [3.05, 3.63) is 0 Å². The topological polar surface area (TPSA) is 89.2 Å². The zero-order chi connectivity index (χ0) is 19.6. The third-order valence-corrected chi connectivity index (χ3v) is 9.54. The van der Waals surface area contributed by atoms with E-state index in [1.807, 2.05) is 0 Å². The predicted octanol–water partition coefficient (Wildman–Crippen LogP) is 2.41. The lowest BCUT2D eigenvalue weighted by Crippen LogP contribution is -2.62. The molecule has 5 aliphatic rings. The summed E-state index contributed by atoms with van der Waals surface area (Å²) in [7, 11) is 0. The average molecular weight is 389 g/mol. The molecule has 5 rings (SSSR count). The number of aliphatic hydroxyl groups excluding tert-OH is 1. The molecule has 28 heavy (non-hydrogen) atoms. The summed E-state index contributed by atoms with van der Waals surface area (Å²) in [6.45, 7) is 6.38. The second kappa shape index (κ2) is 6.43. The van der Waals surface area contributed by atoms with E-state index in [4.69, 9.17) is 5.10 Å². The van der Waals surface area contributed by atoms with E-state index in [1.165, 1.54) is 6.42 Å². The Bertz CT molecular complexity index is 709. The number of guanidine groups is 1. The summed E-state index contributed by atoms with van der Waals surface area (Å²) in [5.41, 5.74) is 3.63. The minimum atomic E-state index is -0.647. The molecule has 6 nitrogen and oxygen atoms in total. The van der Waals surface area contributed by atoms with Crippen molar-refractivity contribution in [2.45, 2.75) is 83.3 Å². The molecule has 4 saturated carbocycles. The first-order chi connectivity index (χ1) is 13.4. The molecule has 4 fully saturated rings. The highest BCUT2D eigenvalue weighted by Crippen LogP contribution is 2.67. The Morgan fingerprint density at radius 2 is 1.96 bits per heavy atom. The molecule has 4 aliphatic carbocycles. The maximum Gasteiger partial charge on any atom is 0.212 e. The standard InChI is InChI=1S/C22H36N4O2/c1-20-8-5-15(27)13-14(20)3-4-17-16(20)6-9-21(2)18(7-10-22(17,21)28)25-26-19-23-11-12-24-19/h14-17,27-28H,3-13H2,1-2H3,(H2,23,24,26)/b25-18-/t14-,15+,16+,17-,20+,21-,22+/m1/s1. The van der Waals surface area contributed by atoms with Crippen LogP contribution in [0.4, 0.5) is 0 Å². The molecule has 0 saturated heterocycles. The van der Waals surface area contributed by atoms with Gasteiger partial charge in [-0.1, -0.05) is 13.8 Å². The van der Waals surface area contributed by atoms with Crippen molar-refractivity contribution >= 4 is 11.7 Å². The Hall–Kier alpha value is -1.14. The van der Waals surface area contributed by atoms with Crippen molar-refractivity contribution in [2.24, 2.45) is 38.7 Å². The second-order valence-corrected chi connectivity index (χ2v) is 10.5. The fraction of sp³-hybridized carbons (Fsp3) is 0.909. The Morgan fingerprint density at radius 3 is 2.75 bits per heavy atom. The number of hydrogen-bond acceptors (Lipinski definition) is 6. The van der Waals surface area contributed by atoms with Crippen LogP contribution in [0.3, 0.4) is 0 Å². The van der Waals surface area contributed by atoms with Crippen LogP contribution < -0.4 is 10.7 Å². The number of rotatable bonds is 1. The van der Waals surface area contributed by atoms with Gasteiger partial charge in [-0.3, -0.25) is 0 Å². The minimum Gasteiger partial charge on any atom is -0.393 e. The Kier molecular flexibility index (Phi) is 4.33. The van der Waals surface area contributed by atoms with Crippen molar-refractivity contribution in [3.8, 4) is 0 Å². The third kappa shape index (κ3) is 2.53. The lowest BCUT2D eigenvalue weighted by atomic mass is 9.44. The molecular weight excluding hydrogens is 352 g/mol. The van der Waals surface area contributed by atoms with Gasteiger partial charge in [0, 0.05) is 17.7 Å². The Balaban J connectivity index is 1.41. The van der Waals surface area contributed by atoms with Crippen LogP contribution in [0.25, 0.3) is 0 Å². The monoisotopic (exact) mass is 388 g/mol. The van der Waals surface area contributed by atoms with Crippen molar-refractivity contribution in [1.29, 1.82) is 0 Å². The van der Waals surface area contributed by atoms with Gasteiger partial charge in [0.05, 0.1) is 18.2 Å². The van der Waals surface area contributed by atoms with Crippen molar-refractivity contribution in [3.63, 3.8) is 0 Å². The zero-order valence-electron chi connectivity index (χ0n) is 17.4. The molecule has 1 aliphatic heterocycles. The molecule has 4 N–H and O–H groups in total. The van der Waals surface area contributed by atoms with Gasteiger partial charge in [-0.15, -0.1) is 0 Å². The third-order valence-electron chi connectivity index (χ3n) is 9.54. The smallest absolute Gasteiger partial charge is 0.212 e. The van der Waals surface area contributed by atoms with Gasteiger partial charge in [-0.05, 0) is 81.0 Å². The predicted molar refractivity (Wildman–Crippen MR) is 110 cm³/mol. The quantitative estimate of drug-likeness (QED) is 0.520. The molecular formula is C22H36N4O2. The van der Waals surface area contributed by atoms with Gasteiger partial charge in [0.1, 0.15) is 0 Å². The van der Waals surface area contributed by atoms with Gasteiger partial charge in [0.2, 0.25) is 5.96 Å². The molecule has 0 spiro atoms. The lowest BCUT2D eigenvalue weighted by Gasteiger charge is -2.62. The molecule has 6 heteroatoms. The molecule has 0 aromatic rings. The lowest BCUT2D eigenvalue weighted by molar-refractivity contribution is -0.191. The Morgan fingerprint density at radius 1 is 1.11 bits per heavy atom. The summed E-state index contributed by atoms with van der Waals surface area (Å²) < 4.78 is 0. The summed E-state index contributed by atoms with van der Waals surface area (Å²) in [6.07, 6.45) is 9.01. The summed E-state index contributed by atoms with van der Waals surface area (Å²) >= 11 is 0. The molecule has 0 unspecified atom stereocenters. The van der Waals surface area contributed by atoms with Crippen molar-refractivity contribution < 1.29 is 10.2 Å². The van der Waals surface area contributed by atoms with E-state index in [2.05, 4.69) is 29.6 Å². The summed E-state index contributed by atoms with van der Waals surface area (Å²) in [6, 6.07) is 0. The highest BCUT2D eigenvalue weighted by molar-refractivity contribution is 5.95. The molecule has 0 radical (unpaired) electrons. The van der Waals surface area contributed by atoms with Gasteiger partial charge >= 0.3 is 0 Å². The van der Waals surface area contributed by atoms with Gasteiger partial charge in [-0.25, -0.2) is 10.4 Å². The van der Waals surface area contributed by atoms with Gasteiger partial charge < -0.3 is 15.5 Å². The molecule has 0 amide bonds. The molecule has 0 aromatic carbocycles. The van der Waals surface area contributed by atoms with E-state index in [-0.39, 0.29) is 16.9 Å². The fourth-order valence-corrected chi connectivity index (χ4v) is 7.76. The number of hydrazone groups is 1. The molecule has 156 valence electrons. The SMILES string of the molecule is C[C@]12CC[C@H](O)C[C@H]1CC[C@@H]1[C@@H]2CC[C@]2(C)/C(=N\NC3=NCCN3)CC[C@]12O. The van der Waals surface area contributed by atoms with Gasteiger partial charge in [0.15, 0.2) is 0 Å². The molecule has 0 bridgehead atoms. The number of nitrogens with one attached hydrogen (secondary N) is 2. The van der Waals surface area contributed by atoms with E-state index in [9.17, 15) is 10.2 Å². The van der Waals surface area contributed by atoms with Crippen LogP contribution >= 0.6 is 0 Å². The number of nitrogens with zero attached hydrogens (tertiary/aromatic N) is 2. The highest BCUT2D eigenvalue weighted by atomic mass is 16.3. The molecule has 1 heterocycles. The van der Waals surface area contributed by atoms with Gasteiger partial charge in [0.25, 0.3) is 0 Å². The first-order valence-electron chi connectivity index (χ1n) is 11.4. The van der Waals surface area contributed by atoms with Crippen LogP contribution in [-0.2, 0) is 0 Å². The number of aliphatic imine (C=N–C) groups is 1. The summed E-state index contributed by atoms with van der Waals surface area (Å²) in [5, 5.41) is 30.2. The van der Waals surface area contributed by atoms with Crippen LogP contribution in [-0.4, -0.2) is 46.7 Å². The first kappa shape index (κ1) is 18.9. The van der Waals surface area contributed by atoms with E-state index < -0.39 is 5.60 Å². The highest BCUT2D eigenvalue weighted by Gasteiger charge is 2.66. The van der Waals surface area contributed by atoms with Crippen molar-refractivity contribution in [2.75, 3.05) is 13.1 Å². The Labute approximate surface area is 168 Å². The van der Waals surface area contributed by atoms with E-state index >= 15 is 0 Å². The summed E-state index contributed by atoms with van der Waals surface area (Å²) in [4.78, 5) is 4.37. The number of hydrogen-bond donors (Lipinski definition) is 4. The largest absolute Gasteiger partial charge is 0.393 e. The maximum atomic E-state index is 12.1. The molecule has 7 atom stereocenters. The van der Waals surface area contributed by atoms with Crippen LogP contribution in [0.15, 0.2) is 10.1 Å². The van der Waals surface area contributed by atoms with Gasteiger partial charge in [-0.2, -0.15) is 5.10 Å². The summed E-state index contributed by atoms with van der Waals surface area (Å²) in [5.74, 6) is 2.31. The first-order valence-corrected chi connectivity index (χ1v) is 11.4. The van der Waals surface area contributed by atoms with E-state index in [1.54, 1.807) is 0 Å². The fourth-order valence-electron chi connectivity index (χ4n) is 7.76. The average Bonchev–Trinajstić information content (AvgIpc) is 3.27. The van der Waals surface area contributed by atoms with E-state index in [0.29, 0.717) is 17.8 Å². The maximum absolute atomic E-state index is 12.1. The van der Waals surface area contributed by atoms with Crippen LogP contribution in [0.5, 0.6) is 0 Å².